The van der Waals surface area contributed by atoms with Gasteiger partial charge in [0.15, 0.2) is 0 Å². The number of ether oxygens (including phenoxy) is 1. The average Bonchev–Trinajstić information content (AvgIpc) is 2.71. The third kappa shape index (κ3) is 4.78. The molecule has 0 aliphatic heterocycles. The fourth-order valence-corrected chi connectivity index (χ4v) is 2.91. The maximum atomic E-state index is 12.5. The lowest BCUT2D eigenvalue weighted by Gasteiger charge is -2.11. The van der Waals surface area contributed by atoms with E-state index in [1.807, 2.05) is 42.5 Å². The number of carbonyl (C=O) groups excluding carboxylic acids is 1. The largest absolute Gasteiger partial charge is 0.496 e. The Morgan fingerprint density at radius 3 is 2.50 bits per heavy atom. The summed E-state index contributed by atoms with van der Waals surface area (Å²) in [4.78, 5) is 21.1. The number of benzene rings is 2. The van der Waals surface area contributed by atoms with Gasteiger partial charge in [0, 0.05) is 29.9 Å². The molecule has 2 aromatic carbocycles. The van der Waals surface area contributed by atoms with Crippen molar-refractivity contribution in [1.29, 1.82) is 0 Å². The molecular formula is C21H21ClN4O2. The first kappa shape index (κ1) is 19.6. The van der Waals surface area contributed by atoms with E-state index >= 15 is 0 Å². The molecule has 1 aromatic heterocycles. The van der Waals surface area contributed by atoms with Crippen molar-refractivity contribution in [3.63, 3.8) is 0 Å². The quantitative estimate of drug-likeness (QED) is 0.631. The molecule has 2 N–H and O–H groups in total. The van der Waals surface area contributed by atoms with Gasteiger partial charge in [-0.25, -0.2) is 9.97 Å². The maximum absolute atomic E-state index is 12.5. The minimum absolute atomic E-state index is 0.242. The molecular weight excluding hydrogens is 376 g/mol. The lowest BCUT2D eigenvalue weighted by atomic mass is 10.2. The van der Waals surface area contributed by atoms with Gasteiger partial charge < -0.3 is 15.4 Å². The molecule has 6 nitrogen and oxygen atoms in total. The Balaban J connectivity index is 1.63. The van der Waals surface area contributed by atoms with Crippen LogP contribution in [0, 0.1) is 6.92 Å². The maximum Gasteiger partial charge on any atom is 0.254 e. The van der Waals surface area contributed by atoms with Crippen molar-refractivity contribution < 1.29 is 9.53 Å². The smallest absolute Gasteiger partial charge is 0.254 e. The Morgan fingerprint density at radius 2 is 1.79 bits per heavy atom. The first-order valence-corrected chi connectivity index (χ1v) is 9.17. The zero-order chi connectivity index (χ0) is 19.9. The van der Waals surface area contributed by atoms with Crippen molar-refractivity contribution in [2.24, 2.45) is 0 Å². The Labute approximate surface area is 168 Å². The van der Waals surface area contributed by atoms with E-state index in [1.54, 1.807) is 20.1 Å². The molecule has 3 aromatic rings. The number of hydrogen-bond donors (Lipinski definition) is 2. The van der Waals surface area contributed by atoms with E-state index in [0.29, 0.717) is 35.3 Å². The van der Waals surface area contributed by atoms with Gasteiger partial charge in [0.25, 0.3) is 5.91 Å². The van der Waals surface area contributed by atoms with Gasteiger partial charge in [-0.3, -0.25) is 4.79 Å². The van der Waals surface area contributed by atoms with Crippen LogP contribution in [-0.2, 0) is 13.1 Å². The van der Waals surface area contributed by atoms with E-state index in [0.717, 1.165) is 16.9 Å². The number of rotatable bonds is 7. The summed E-state index contributed by atoms with van der Waals surface area (Å²) in [6.07, 6.45) is 1.52. The van der Waals surface area contributed by atoms with E-state index < -0.39 is 0 Å². The number of nitrogens with one attached hydrogen (secondary N) is 2. The summed E-state index contributed by atoms with van der Waals surface area (Å²) in [5.74, 6) is 1.00. The summed E-state index contributed by atoms with van der Waals surface area (Å²) >= 11 is 6.12. The number of methoxy groups -OCH3 is 1. The number of carbonyl (C=O) groups is 1. The van der Waals surface area contributed by atoms with Crippen molar-refractivity contribution in [1.82, 2.24) is 15.3 Å². The SMILES string of the molecule is COc1ccccc1CNc1ncc(C(=O)NCc2ccccc2Cl)c(C)n1. The third-order valence-electron chi connectivity index (χ3n) is 4.25. The van der Waals surface area contributed by atoms with Gasteiger partial charge in [-0.1, -0.05) is 48.0 Å². The highest BCUT2D eigenvalue weighted by atomic mass is 35.5. The molecule has 1 heterocycles. The van der Waals surface area contributed by atoms with Crippen LogP contribution < -0.4 is 15.4 Å². The van der Waals surface area contributed by atoms with Crippen molar-refractivity contribution in [3.05, 3.63) is 82.1 Å². The van der Waals surface area contributed by atoms with Crippen molar-refractivity contribution in [2.75, 3.05) is 12.4 Å². The van der Waals surface area contributed by atoms with Gasteiger partial charge in [-0.05, 0) is 24.6 Å². The molecule has 7 heteroatoms. The normalized spacial score (nSPS) is 10.4. The first-order valence-electron chi connectivity index (χ1n) is 8.79. The van der Waals surface area contributed by atoms with Gasteiger partial charge in [-0.15, -0.1) is 0 Å². The van der Waals surface area contributed by atoms with E-state index in [1.165, 1.54) is 6.20 Å². The van der Waals surface area contributed by atoms with Crippen LogP contribution in [-0.4, -0.2) is 23.0 Å². The molecule has 144 valence electrons. The van der Waals surface area contributed by atoms with Gasteiger partial charge in [0.2, 0.25) is 5.95 Å². The number of aromatic nitrogens is 2. The van der Waals surface area contributed by atoms with Crippen LogP contribution in [0.2, 0.25) is 5.02 Å². The van der Waals surface area contributed by atoms with Crippen LogP contribution in [0.5, 0.6) is 5.75 Å². The number of anilines is 1. The Bertz CT molecular complexity index is 978. The van der Waals surface area contributed by atoms with Gasteiger partial charge in [-0.2, -0.15) is 0 Å². The fraction of sp³-hybridized carbons (Fsp3) is 0.190. The predicted molar refractivity (Wildman–Crippen MR) is 110 cm³/mol. The Hall–Kier alpha value is -3.12. The molecule has 0 bridgehead atoms. The summed E-state index contributed by atoms with van der Waals surface area (Å²) in [7, 11) is 1.63. The highest BCUT2D eigenvalue weighted by Crippen LogP contribution is 2.18. The number of nitrogens with zero attached hydrogens (tertiary/aromatic N) is 2. The minimum Gasteiger partial charge on any atom is -0.496 e. The standard InChI is InChI=1S/C21H21ClN4O2/c1-14-17(20(27)23-11-15-7-3-5-9-18(15)22)13-25-21(26-14)24-12-16-8-4-6-10-19(16)28-2/h3-10,13H,11-12H2,1-2H3,(H,23,27)(H,24,25,26). The average molecular weight is 397 g/mol. The second-order valence-corrected chi connectivity index (χ2v) is 6.54. The Kier molecular flexibility index (Phi) is 6.45. The summed E-state index contributed by atoms with van der Waals surface area (Å²) < 4.78 is 5.34. The highest BCUT2D eigenvalue weighted by Gasteiger charge is 2.12. The molecule has 3 rings (SSSR count). The van der Waals surface area contributed by atoms with Gasteiger partial charge >= 0.3 is 0 Å². The predicted octanol–water partition coefficient (Wildman–Crippen LogP) is 3.99. The molecule has 0 saturated heterocycles. The molecule has 0 spiro atoms. The third-order valence-corrected chi connectivity index (χ3v) is 4.62. The molecule has 0 atom stereocenters. The summed E-state index contributed by atoms with van der Waals surface area (Å²) in [5.41, 5.74) is 2.86. The van der Waals surface area contributed by atoms with E-state index in [2.05, 4.69) is 20.6 Å². The first-order chi connectivity index (χ1) is 13.6. The molecule has 0 aliphatic rings. The number of halogens is 1. The second kappa shape index (κ2) is 9.19. The lowest BCUT2D eigenvalue weighted by Crippen LogP contribution is -2.24. The summed E-state index contributed by atoms with van der Waals surface area (Å²) in [6, 6.07) is 15.1. The molecule has 28 heavy (non-hydrogen) atoms. The van der Waals surface area contributed by atoms with Crippen LogP contribution in [0.25, 0.3) is 0 Å². The van der Waals surface area contributed by atoms with Gasteiger partial charge in [0.05, 0.1) is 18.4 Å². The number of amides is 1. The van der Waals surface area contributed by atoms with E-state index in [4.69, 9.17) is 16.3 Å². The van der Waals surface area contributed by atoms with Crippen LogP contribution in [0.3, 0.4) is 0 Å². The van der Waals surface area contributed by atoms with E-state index in [9.17, 15) is 4.79 Å². The number of hydrogen-bond acceptors (Lipinski definition) is 5. The molecule has 1 amide bonds. The fourth-order valence-electron chi connectivity index (χ4n) is 2.71. The topological polar surface area (TPSA) is 76.1 Å². The number of aryl methyl sites for hydroxylation is 1. The van der Waals surface area contributed by atoms with E-state index in [-0.39, 0.29) is 5.91 Å². The van der Waals surface area contributed by atoms with Crippen molar-refractivity contribution in [3.8, 4) is 5.75 Å². The molecule has 0 radical (unpaired) electrons. The van der Waals surface area contributed by atoms with Crippen LogP contribution in [0.15, 0.2) is 54.7 Å². The summed E-state index contributed by atoms with van der Waals surface area (Å²) in [6.45, 7) is 2.63. The van der Waals surface area contributed by atoms with Crippen molar-refractivity contribution >= 4 is 23.5 Å². The van der Waals surface area contributed by atoms with Gasteiger partial charge in [0.1, 0.15) is 5.75 Å². The minimum atomic E-state index is -0.242. The molecule has 0 saturated carbocycles. The Morgan fingerprint density at radius 1 is 1.07 bits per heavy atom. The lowest BCUT2D eigenvalue weighted by molar-refractivity contribution is 0.0949. The second-order valence-electron chi connectivity index (χ2n) is 6.13. The molecule has 0 unspecified atom stereocenters. The van der Waals surface area contributed by atoms with Crippen LogP contribution in [0.4, 0.5) is 5.95 Å². The number of para-hydroxylation sites is 1. The molecule has 0 fully saturated rings. The van der Waals surface area contributed by atoms with Crippen molar-refractivity contribution in [2.45, 2.75) is 20.0 Å². The zero-order valence-corrected chi connectivity index (χ0v) is 16.5. The summed E-state index contributed by atoms with van der Waals surface area (Å²) in [5, 5.41) is 6.62. The molecule has 0 aliphatic carbocycles. The zero-order valence-electron chi connectivity index (χ0n) is 15.7. The monoisotopic (exact) mass is 396 g/mol. The van der Waals surface area contributed by atoms with Crippen LogP contribution in [0.1, 0.15) is 27.2 Å². The van der Waals surface area contributed by atoms with Crippen LogP contribution >= 0.6 is 11.6 Å². The highest BCUT2D eigenvalue weighted by molar-refractivity contribution is 6.31.